The van der Waals surface area contributed by atoms with Gasteiger partial charge in [0.1, 0.15) is 11.0 Å². The molecule has 0 saturated heterocycles. The molecule has 0 aliphatic heterocycles. The van der Waals surface area contributed by atoms with Crippen molar-refractivity contribution in [1.82, 2.24) is 25.3 Å². The van der Waals surface area contributed by atoms with E-state index in [0.29, 0.717) is 16.4 Å². The van der Waals surface area contributed by atoms with Crippen LogP contribution in [0.15, 0.2) is 47.0 Å². The summed E-state index contributed by atoms with van der Waals surface area (Å²) >= 11 is 5.83. The third kappa shape index (κ3) is 3.56. The number of rotatable bonds is 4. The molecular formula is C16H9ClF3N5O2. The number of hydrogen-bond donors (Lipinski definition) is 0. The highest BCUT2D eigenvalue weighted by molar-refractivity contribution is 6.30. The van der Waals surface area contributed by atoms with Crippen LogP contribution in [0, 0.1) is 0 Å². The molecule has 0 radical (unpaired) electrons. The molecule has 0 aliphatic carbocycles. The minimum atomic E-state index is -4.48. The first-order chi connectivity index (χ1) is 12.9. The molecule has 0 saturated carbocycles. The molecule has 27 heavy (non-hydrogen) atoms. The van der Waals surface area contributed by atoms with Crippen LogP contribution in [0.25, 0.3) is 22.4 Å². The maximum atomic E-state index is 12.9. The van der Waals surface area contributed by atoms with Crippen LogP contribution in [0.5, 0.6) is 0 Å². The lowest BCUT2D eigenvalue weighted by atomic mass is 10.2. The Bertz CT molecular complexity index is 1090. The summed E-state index contributed by atoms with van der Waals surface area (Å²) in [4.78, 5) is 10.4. The smallest absolute Gasteiger partial charge is 0.385 e. The van der Waals surface area contributed by atoms with E-state index in [-0.39, 0.29) is 23.5 Å². The zero-order chi connectivity index (χ0) is 19.0. The summed E-state index contributed by atoms with van der Waals surface area (Å²) in [5, 5.41) is 11.8. The highest BCUT2D eigenvalue weighted by Crippen LogP contribution is 2.30. The van der Waals surface area contributed by atoms with Crippen LogP contribution in [-0.2, 0) is 12.8 Å². The molecule has 7 nitrogen and oxygen atoms in total. The van der Waals surface area contributed by atoms with E-state index < -0.39 is 11.7 Å². The van der Waals surface area contributed by atoms with E-state index in [0.717, 1.165) is 17.0 Å². The number of halogens is 4. The molecule has 0 atom stereocenters. The predicted octanol–water partition coefficient (Wildman–Crippen LogP) is 3.78. The highest BCUT2D eigenvalue weighted by atomic mass is 35.5. The molecule has 0 aliphatic rings. The molecule has 0 spiro atoms. The van der Waals surface area contributed by atoms with Crippen LogP contribution < -0.4 is 4.84 Å². The van der Waals surface area contributed by atoms with E-state index in [4.69, 9.17) is 21.0 Å². The number of fused-ring (bicyclic) bond motifs is 1. The average Bonchev–Trinajstić information content (AvgIpc) is 3.26. The van der Waals surface area contributed by atoms with Crippen molar-refractivity contribution >= 4 is 22.6 Å². The van der Waals surface area contributed by atoms with Crippen molar-refractivity contribution in [3.63, 3.8) is 0 Å². The fourth-order valence-corrected chi connectivity index (χ4v) is 2.44. The van der Waals surface area contributed by atoms with Crippen molar-refractivity contribution in [1.29, 1.82) is 0 Å². The van der Waals surface area contributed by atoms with Gasteiger partial charge in [-0.25, -0.2) is 0 Å². The number of aromatic nitrogens is 5. The third-order valence-corrected chi connectivity index (χ3v) is 3.88. The van der Waals surface area contributed by atoms with Gasteiger partial charge in [0, 0.05) is 10.6 Å². The molecular weight excluding hydrogens is 387 g/mol. The molecule has 2 heterocycles. The van der Waals surface area contributed by atoms with E-state index in [9.17, 15) is 13.2 Å². The Labute approximate surface area is 154 Å². The zero-order valence-electron chi connectivity index (χ0n) is 13.3. The zero-order valence-corrected chi connectivity index (χ0v) is 14.1. The maximum absolute atomic E-state index is 12.9. The molecule has 0 bridgehead atoms. The Morgan fingerprint density at radius 2 is 1.89 bits per heavy atom. The Morgan fingerprint density at radius 3 is 2.63 bits per heavy atom. The quantitative estimate of drug-likeness (QED) is 0.523. The molecule has 11 heteroatoms. The minimum Gasteiger partial charge on any atom is -0.385 e. The monoisotopic (exact) mass is 395 g/mol. The van der Waals surface area contributed by atoms with Crippen LogP contribution >= 0.6 is 11.6 Å². The van der Waals surface area contributed by atoms with Gasteiger partial charge in [-0.2, -0.15) is 18.2 Å². The Balaban J connectivity index is 1.53. The number of benzene rings is 2. The van der Waals surface area contributed by atoms with Crippen molar-refractivity contribution in [2.24, 2.45) is 0 Å². The summed E-state index contributed by atoms with van der Waals surface area (Å²) in [6.07, 6.45) is -4.48. The lowest BCUT2D eigenvalue weighted by Crippen LogP contribution is -2.13. The maximum Gasteiger partial charge on any atom is 0.416 e. The summed E-state index contributed by atoms with van der Waals surface area (Å²) in [7, 11) is 0. The van der Waals surface area contributed by atoms with E-state index >= 15 is 0 Å². The van der Waals surface area contributed by atoms with E-state index in [2.05, 4.69) is 20.5 Å². The minimum absolute atomic E-state index is 0.0715. The van der Waals surface area contributed by atoms with Gasteiger partial charge >= 0.3 is 6.18 Å². The molecule has 2 aromatic carbocycles. The van der Waals surface area contributed by atoms with E-state index in [1.807, 2.05) is 0 Å². The van der Waals surface area contributed by atoms with Gasteiger partial charge in [-0.1, -0.05) is 21.6 Å². The second-order valence-electron chi connectivity index (χ2n) is 5.46. The summed E-state index contributed by atoms with van der Waals surface area (Å²) in [6, 6.07) is 9.87. The van der Waals surface area contributed by atoms with Crippen molar-refractivity contribution < 1.29 is 22.5 Å². The SMILES string of the molecule is FC(F)(F)c1ccc2nnn(OCc3nc(-c4ccc(Cl)cc4)no3)c2c1. The van der Waals surface area contributed by atoms with Crippen LogP contribution in [0.1, 0.15) is 11.5 Å². The van der Waals surface area contributed by atoms with Gasteiger partial charge < -0.3 is 9.36 Å². The molecule has 0 amide bonds. The molecule has 4 rings (SSSR count). The molecule has 0 fully saturated rings. The standard InChI is InChI=1S/C16H9ClF3N5O2/c17-11-4-1-9(2-5-11)15-21-14(27-23-15)8-26-25-13-7-10(16(18,19)20)3-6-12(13)22-24-25/h1-7H,8H2. The van der Waals surface area contributed by atoms with Gasteiger partial charge in [0.15, 0.2) is 6.61 Å². The molecule has 0 N–H and O–H groups in total. The van der Waals surface area contributed by atoms with Gasteiger partial charge in [0.2, 0.25) is 5.82 Å². The number of alkyl halides is 3. The second kappa shape index (κ2) is 6.54. The van der Waals surface area contributed by atoms with Crippen LogP contribution in [0.3, 0.4) is 0 Å². The van der Waals surface area contributed by atoms with Gasteiger partial charge in [-0.05, 0) is 47.7 Å². The highest BCUT2D eigenvalue weighted by Gasteiger charge is 2.31. The predicted molar refractivity (Wildman–Crippen MR) is 87.6 cm³/mol. The van der Waals surface area contributed by atoms with Crippen molar-refractivity contribution in [2.45, 2.75) is 12.8 Å². The van der Waals surface area contributed by atoms with Gasteiger partial charge in [-0.15, -0.1) is 5.10 Å². The van der Waals surface area contributed by atoms with E-state index in [1.165, 1.54) is 6.07 Å². The largest absolute Gasteiger partial charge is 0.416 e. The van der Waals surface area contributed by atoms with Gasteiger partial charge in [0.25, 0.3) is 5.89 Å². The summed E-state index contributed by atoms with van der Waals surface area (Å²) in [5.41, 5.74) is 0.193. The first-order valence-electron chi connectivity index (χ1n) is 7.54. The lowest BCUT2D eigenvalue weighted by molar-refractivity contribution is -0.137. The van der Waals surface area contributed by atoms with Gasteiger partial charge in [-0.3, -0.25) is 0 Å². The van der Waals surface area contributed by atoms with Crippen molar-refractivity contribution in [3.05, 3.63) is 58.9 Å². The third-order valence-electron chi connectivity index (χ3n) is 3.62. The van der Waals surface area contributed by atoms with Crippen LogP contribution in [0.2, 0.25) is 5.02 Å². The van der Waals surface area contributed by atoms with Crippen LogP contribution in [0.4, 0.5) is 13.2 Å². The molecule has 0 unspecified atom stereocenters. The average molecular weight is 396 g/mol. The van der Waals surface area contributed by atoms with Crippen molar-refractivity contribution in [3.8, 4) is 11.4 Å². The van der Waals surface area contributed by atoms with Crippen molar-refractivity contribution in [2.75, 3.05) is 0 Å². The molecule has 2 aromatic heterocycles. The molecule has 138 valence electrons. The summed E-state index contributed by atoms with van der Waals surface area (Å²) in [5.74, 6) is 0.448. The van der Waals surface area contributed by atoms with E-state index in [1.54, 1.807) is 24.3 Å². The number of nitrogens with zero attached hydrogens (tertiary/aromatic N) is 5. The number of hydrogen-bond acceptors (Lipinski definition) is 6. The fourth-order valence-electron chi connectivity index (χ4n) is 2.32. The summed E-state index contributed by atoms with van der Waals surface area (Å²) < 4.78 is 43.7. The summed E-state index contributed by atoms with van der Waals surface area (Å²) in [6.45, 7) is -0.199. The Kier molecular flexibility index (Phi) is 4.19. The second-order valence-corrected chi connectivity index (χ2v) is 5.89. The normalized spacial score (nSPS) is 11.9. The van der Waals surface area contributed by atoms with Gasteiger partial charge in [0.05, 0.1) is 5.56 Å². The first-order valence-corrected chi connectivity index (χ1v) is 7.92. The first kappa shape index (κ1) is 17.3. The van der Waals surface area contributed by atoms with Crippen LogP contribution in [-0.4, -0.2) is 25.3 Å². The topological polar surface area (TPSA) is 78.9 Å². The fraction of sp³-hybridized carbons (Fsp3) is 0.125. The Hall–Kier alpha value is -3.14. The molecule has 4 aromatic rings. The Morgan fingerprint density at radius 1 is 1.11 bits per heavy atom. The lowest BCUT2D eigenvalue weighted by Gasteiger charge is -2.07.